The summed E-state index contributed by atoms with van der Waals surface area (Å²) in [5.41, 5.74) is 29.7. The number of ether oxygens (including phenoxy) is 2. The minimum Gasteiger partial charge on any atom is -0.458 e. The van der Waals surface area contributed by atoms with Gasteiger partial charge in [-0.3, -0.25) is 0 Å². The van der Waals surface area contributed by atoms with Gasteiger partial charge in [0.25, 0.3) is 13.4 Å². The number of hydrogen-bond donors (Lipinski definition) is 0. The zero-order valence-corrected chi connectivity index (χ0v) is 39.6. The van der Waals surface area contributed by atoms with Crippen molar-refractivity contribution in [3.8, 4) is 56.6 Å². The van der Waals surface area contributed by atoms with Crippen LogP contribution in [0.1, 0.15) is 44.5 Å². The van der Waals surface area contributed by atoms with E-state index >= 15 is 0 Å². The molecule has 0 bridgehead atoms. The van der Waals surface area contributed by atoms with Gasteiger partial charge in [-0.1, -0.05) is 106 Å². The lowest BCUT2D eigenvalue weighted by atomic mass is 9.31. The van der Waals surface area contributed by atoms with Crippen LogP contribution in [-0.2, 0) is 0 Å². The van der Waals surface area contributed by atoms with E-state index in [1.165, 1.54) is 143 Å². The van der Waals surface area contributed by atoms with Gasteiger partial charge in [-0.05, 0) is 176 Å². The molecule has 6 heteroatoms. The number of hydrogen-bond acceptors (Lipinski definition) is 2. The summed E-state index contributed by atoms with van der Waals surface area (Å²) >= 11 is 0. The Morgan fingerprint density at radius 2 is 0.853 bits per heavy atom. The maximum Gasteiger partial charge on any atom is 0.256 e. The molecule has 322 valence electrons. The van der Waals surface area contributed by atoms with E-state index in [0.29, 0.717) is 0 Å². The average molecular weight is 873 g/mol. The molecule has 0 amide bonds. The summed E-state index contributed by atoms with van der Waals surface area (Å²) in [4.78, 5) is 0. The lowest BCUT2D eigenvalue weighted by molar-refractivity contribution is 0.465. The van der Waals surface area contributed by atoms with Crippen LogP contribution < -0.4 is 42.3 Å². The van der Waals surface area contributed by atoms with Crippen molar-refractivity contribution in [1.29, 1.82) is 0 Å². The van der Waals surface area contributed by atoms with E-state index < -0.39 is 0 Å². The molecular weight excluding hydrogens is 826 g/mol. The predicted octanol–water partition coefficient (Wildman–Crippen LogP) is 11.6. The number of nitrogens with zero attached hydrogens (tertiary/aromatic N) is 2. The third-order valence-corrected chi connectivity index (χ3v) is 16.0. The van der Waals surface area contributed by atoms with E-state index in [2.05, 4.69) is 198 Å². The molecule has 68 heavy (non-hydrogen) atoms. The summed E-state index contributed by atoms with van der Waals surface area (Å²) in [6.45, 7) is 17.6. The van der Waals surface area contributed by atoms with Crippen molar-refractivity contribution in [3.63, 3.8) is 0 Å². The second-order valence-corrected chi connectivity index (χ2v) is 20.6. The summed E-state index contributed by atoms with van der Waals surface area (Å²) in [5, 5.41) is 5.16. The maximum atomic E-state index is 7.38. The van der Waals surface area contributed by atoms with Crippen LogP contribution in [0.5, 0.6) is 23.0 Å². The van der Waals surface area contributed by atoms with Gasteiger partial charge in [0.05, 0.1) is 11.0 Å². The quantitative estimate of drug-likeness (QED) is 0.162. The smallest absolute Gasteiger partial charge is 0.256 e. The highest BCUT2D eigenvalue weighted by molar-refractivity contribution is 7.02. The van der Waals surface area contributed by atoms with Crippen LogP contribution in [0.15, 0.2) is 133 Å². The minimum atomic E-state index is -0.0646. The third-order valence-electron chi connectivity index (χ3n) is 16.0. The summed E-state index contributed by atoms with van der Waals surface area (Å²) in [6.07, 6.45) is 0. The van der Waals surface area contributed by atoms with Gasteiger partial charge in [0.15, 0.2) is 0 Å². The lowest BCUT2D eigenvalue weighted by Crippen LogP contribution is -2.62. The first-order valence-corrected chi connectivity index (χ1v) is 24.1. The number of aromatic nitrogens is 2. The third kappa shape index (κ3) is 4.92. The Bertz CT molecular complexity index is 4210. The van der Waals surface area contributed by atoms with Gasteiger partial charge in [0, 0.05) is 50.0 Å². The highest BCUT2D eigenvalue weighted by atomic mass is 16.5. The van der Waals surface area contributed by atoms with Crippen LogP contribution in [0.25, 0.3) is 77.2 Å². The van der Waals surface area contributed by atoms with Gasteiger partial charge in [0.1, 0.15) is 23.0 Å². The SMILES string of the molecule is Cc1ccc(-c2cc3c4c(c2)-n2c5ccc(C)cc5c5cc(C)cc(c52)B4c2cc4c(cc2O3)Oc2cc(-c3ccc(C)cc3C)cc3c2B4c2c(C)ccc4c5cc(C)ccc5n-3c24)c(C)c1. The van der Waals surface area contributed by atoms with Crippen LogP contribution in [0.3, 0.4) is 0 Å². The van der Waals surface area contributed by atoms with Crippen molar-refractivity contribution < 1.29 is 9.47 Å². The monoisotopic (exact) mass is 872 g/mol. The molecule has 0 unspecified atom stereocenters. The van der Waals surface area contributed by atoms with E-state index in [0.717, 1.165) is 34.1 Å². The fourth-order valence-electron chi connectivity index (χ4n) is 13.2. The molecule has 0 radical (unpaired) electrons. The van der Waals surface area contributed by atoms with Gasteiger partial charge < -0.3 is 18.6 Å². The highest BCUT2D eigenvalue weighted by Gasteiger charge is 2.46. The van der Waals surface area contributed by atoms with E-state index in [4.69, 9.17) is 9.47 Å². The van der Waals surface area contributed by atoms with Gasteiger partial charge in [0.2, 0.25) is 0 Å². The highest BCUT2D eigenvalue weighted by Crippen LogP contribution is 2.45. The molecule has 0 N–H and O–H groups in total. The molecule has 0 fully saturated rings. The van der Waals surface area contributed by atoms with E-state index in [1.807, 2.05) is 0 Å². The van der Waals surface area contributed by atoms with Gasteiger partial charge >= 0.3 is 0 Å². The molecule has 4 nitrogen and oxygen atoms in total. The molecule has 9 aromatic carbocycles. The van der Waals surface area contributed by atoms with E-state index in [9.17, 15) is 0 Å². The molecule has 15 rings (SSSR count). The Labute approximate surface area is 396 Å². The van der Waals surface area contributed by atoms with Crippen LogP contribution in [0.4, 0.5) is 0 Å². The van der Waals surface area contributed by atoms with E-state index in [-0.39, 0.29) is 13.4 Å². The van der Waals surface area contributed by atoms with Crippen molar-refractivity contribution in [2.45, 2.75) is 55.4 Å². The van der Waals surface area contributed by atoms with Crippen molar-refractivity contribution in [2.24, 2.45) is 0 Å². The predicted molar refractivity (Wildman–Crippen MR) is 286 cm³/mol. The number of benzene rings is 9. The van der Waals surface area contributed by atoms with Gasteiger partial charge in [-0.2, -0.15) is 0 Å². The standard InChI is InChI=1S/C62H46B2N2O2/c1-31-9-14-41(37(7)19-31)39-25-52-59-56(27-39)67-54-30-55-48(29-47(54)63(59)49-24-35(5)23-46-45-22-34(4)12-18-51(45)65(52)61(46)49)64-58-36(6)13-16-43-44-21-33(3)11-17-50(44)66(62(43)58)53-26-40(28-57(68-55)60(53)64)42-15-10-32(2)20-38(42)8/h9-30H,1-8H3. The molecule has 0 aliphatic carbocycles. The molecule has 6 heterocycles. The summed E-state index contributed by atoms with van der Waals surface area (Å²) < 4.78 is 19.8. The van der Waals surface area contributed by atoms with Crippen molar-refractivity contribution in [3.05, 3.63) is 178 Å². The lowest BCUT2D eigenvalue weighted by Gasteiger charge is -2.37. The van der Waals surface area contributed by atoms with E-state index in [1.54, 1.807) is 0 Å². The average Bonchev–Trinajstić information content (AvgIpc) is 3.81. The van der Waals surface area contributed by atoms with Gasteiger partial charge in [-0.25, -0.2) is 0 Å². The maximum absolute atomic E-state index is 7.38. The Morgan fingerprint density at radius 1 is 0.338 bits per heavy atom. The van der Waals surface area contributed by atoms with Crippen molar-refractivity contribution in [1.82, 2.24) is 9.13 Å². The van der Waals surface area contributed by atoms with Crippen LogP contribution in [-0.4, -0.2) is 22.6 Å². The zero-order valence-electron chi connectivity index (χ0n) is 39.6. The first-order valence-electron chi connectivity index (χ1n) is 24.1. The topological polar surface area (TPSA) is 28.3 Å². The normalized spacial score (nSPS) is 13.5. The second kappa shape index (κ2) is 13.0. The Morgan fingerprint density at radius 3 is 1.46 bits per heavy atom. The zero-order chi connectivity index (χ0) is 45.8. The first-order chi connectivity index (χ1) is 33.0. The molecule has 4 aliphatic heterocycles. The fourth-order valence-corrected chi connectivity index (χ4v) is 13.2. The molecular formula is C62H46B2N2O2. The molecule has 11 aromatic rings. The molecule has 0 atom stereocenters. The molecule has 2 aromatic heterocycles. The molecule has 0 saturated carbocycles. The number of fused-ring (bicyclic) bond motifs is 14. The van der Waals surface area contributed by atoms with Crippen molar-refractivity contribution >= 4 is 89.8 Å². The Kier molecular flexibility index (Phi) is 7.37. The second-order valence-electron chi connectivity index (χ2n) is 20.6. The largest absolute Gasteiger partial charge is 0.458 e. The van der Waals surface area contributed by atoms with Crippen molar-refractivity contribution in [2.75, 3.05) is 0 Å². The summed E-state index contributed by atoms with van der Waals surface area (Å²) in [6, 6.07) is 51.2. The van der Waals surface area contributed by atoms with Gasteiger partial charge in [-0.15, -0.1) is 0 Å². The molecule has 4 aliphatic rings. The van der Waals surface area contributed by atoms with Crippen LogP contribution in [0.2, 0.25) is 0 Å². The minimum absolute atomic E-state index is 0.0628. The summed E-state index contributed by atoms with van der Waals surface area (Å²) in [5.74, 6) is 3.51. The van der Waals surface area contributed by atoms with Crippen LogP contribution >= 0.6 is 0 Å². The molecule has 0 saturated heterocycles. The Hall–Kier alpha value is -7.69. The first kappa shape index (κ1) is 38.4. The summed E-state index contributed by atoms with van der Waals surface area (Å²) in [7, 11) is 0. The molecule has 0 spiro atoms. The number of aryl methyl sites for hydroxylation is 8. The fraction of sp³-hybridized carbons (Fsp3) is 0.129. The van der Waals surface area contributed by atoms with Crippen LogP contribution in [0, 0.1) is 55.4 Å². The number of rotatable bonds is 2. The Balaban J connectivity index is 1.04.